The van der Waals surface area contributed by atoms with Crippen LogP contribution >= 0.6 is 0 Å². The number of aromatic hydroxyl groups is 2. The minimum absolute atomic E-state index is 0.113. The van der Waals surface area contributed by atoms with Crippen molar-refractivity contribution in [3.05, 3.63) is 54.0 Å². The number of nitrogens with zero attached hydrogens (tertiary/aromatic N) is 3. The van der Waals surface area contributed by atoms with Crippen molar-refractivity contribution in [1.82, 2.24) is 14.6 Å². The maximum Gasteiger partial charge on any atom is 0.197 e. The Kier molecular flexibility index (Phi) is 2.37. The van der Waals surface area contributed by atoms with Gasteiger partial charge >= 0.3 is 0 Å². The maximum absolute atomic E-state index is 9.63. The standard InChI is InChI=1S/C13H11N3O2/c17-10-5-3-9(4-6-10)8-12-14-13-11(18)2-1-7-16(13)15-12/h1-7,17-18H,8H2. The van der Waals surface area contributed by atoms with Crippen LogP contribution in [-0.4, -0.2) is 24.8 Å². The van der Waals surface area contributed by atoms with Crippen molar-refractivity contribution in [2.45, 2.75) is 6.42 Å². The SMILES string of the molecule is Oc1ccc(Cc2nc3c(O)cccn3n2)cc1. The molecule has 0 aliphatic heterocycles. The third-order valence-electron chi connectivity index (χ3n) is 2.68. The van der Waals surface area contributed by atoms with Gasteiger partial charge in [-0.05, 0) is 29.8 Å². The molecule has 0 saturated carbocycles. The lowest BCUT2D eigenvalue weighted by Gasteiger charge is -1.96. The Balaban J connectivity index is 1.95. The van der Waals surface area contributed by atoms with E-state index in [-0.39, 0.29) is 11.5 Å². The first-order valence-corrected chi connectivity index (χ1v) is 5.53. The van der Waals surface area contributed by atoms with Gasteiger partial charge in [0, 0.05) is 12.6 Å². The summed E-state index contributed by atoms with van der Waals surface area (Å²) in [5, 5.41) is 23.1. The third-order valence-corrected chi connectivity index (χ3v) is 2.68. The van der Waals surface area contributed by atoms with Crippen molar-refractivity contribution < 1.29 is 10.2 Å². The van der Waals surface area contributed by atoms with Crippen LogP contribution in [0.15, 0.2) is 42.6 Å². The molecule has 90 valence electrons. The van der Waals surface area contributed by atoms with Crippen LogP contribution in [0.4, 0.5) is 0 Å². The zero-order valence-corrected chi connectivity index (χ0v) is 9.48. The topological polar surface area (TPSA) is 70.7 Å². The molecule has 5 nitrogen and oxygen atoms in total. The molecule has 3 rings (SSSR count). The van der Waals surface area contributed by atoms with E-state index in [0.29, 0.717) is 17.9 Å². The highest BCUT2D eigenvalue weighted by molar-refractivity contribution is 5.51. The molecule has 0 amide bonds. The van der Waals surface area contributed by atoms with Crippen LogP contribution in [0.25, 0.3) is 5.65 Å². The van der Waals surface area contributed by atoms with Crippen LogP contribution in [-0.2, 0) is 6.42 Å². The Labute approximate surface area is 103 Å². The Morgan fingerprint density at radius 3 is 2.56 bits per heavy atom. The van der Waals surface area contributed by atoms with Crippen LogP contribution in [0.2, 0.25) is 0 Å². The molecule has 18 heavy (non-hydrogen) atoms. The summed E-state index contributed by atoms with van der Waals surface area (Å²) in [6.07, 6.45) is 2.30. The highest BCUT2D eigenvalue weighted by atomic mass is 16.3. The second kappa shape index (κ2) is 4.03. The van der Waals surface area contributed by atoms with Gasteiger partial charge in [0.15, 0.2) is 17.2 Å². The van der Waals surface area contributed by atoms with Crippen LogP contribution < -0.4 is 0 Å². The van der Waals surface area contributed by atoms with E-state index in [1.54, 1.807) is 35.0 Å². The van der Waals surface area contributed by atoms with Crippen molar-refractivity contribution in [2.24, 2.45) is 0 Å². The molecule has 0 aliphatic rings. The number of aromatic nitrogens is 3. The zero-order chi connectivity index (χ0) is 12.5. The highest BCUT2D eigenvalue weighted by Gasteiger charge is 2.07. The Morgan fingerprint density at radius 2 is 1.83 bits per heavy atom. The molecule has 0 spiro atoms. The van der Waals surface area contributed by atoms with E-state index < -0.39 is 0 Å². The number of phenols is 1. The molecule has 3 aromatic rings. The number of fused-ring (bicyclic) bond motifs is 1. The van der Waals surface area contributed by atoms with Gasteiger partial charge in [0.1, 0.15) is 5.75 Å². The van der Waals surface area contributed by atoms with Gasteiger partial charge in [-0.25, -0.2) is 9.50 Å². The van der Waals surface area contributed by atoms with Gasteiger partial charge < -0.3 is 10.2 Å². The largest absolute Gasteiger partial charge is 0.508 e. The second-order valence-corrected chi connectivity index (χ2v) is 4.03. The molecule has 0 unspecified atom stereocenters. The summed E-state index contributed by atoms with van der Waals surface area (Å²) in [6.45, 7) is 0. The van der Waals surface area contributed by atoms with E-state index in [9.17, 15) is 10.2 Å². The average molecular weight is 241 g/mol. The van der Waals surface area contributed by atoms with Gasteiger partial charge in [0.05, 0.1) is 0 Å². The number of benzene rings is 1. The molecular weight excluding hydrogens is 230 g/mol. The Morgan fingerprint density at radius 1 is 1.06 bits per heavy atom. The van der Waals surface area contributed by atoms with E-state index in [4.69, 9.17) is 0 Å². The number of hydrogen-bond acceptors (Lipinski definition) is 4. The smallest absolute Gasteiger partial charge is 0.197 e. The van der Waals surface area contributed by atoms with E-state index in [1.165, 1.54) is 0 Å². The summed E-state index contributed by atoms with van der Waals surface area (Å²) in [5.74, 6) is 0.975. The summed E-state index contributed by atoms with van der Waals surface area (Å²) in [6, 6.07) is 10.2. The summed E-state index contributed by atoms with van der Waals surface area (Å²) in [5.41, 5.74) is 1.45. The predicted molar refractivity (Wildman–Crippen MR) is 65.6 cm³/mol. The fourth-order valence-electron chi connectivity index (χ4n) is 1.81. The normalized spacial score (nSPS) is 10.9. The van der Waals surface area contributed by atoms with Crippen molar-refractivity contribution in [3.8, 4) is 11.5 Å². The first kappa shape index (κ1) is 10.6. The molecule has 1 aromatic carbocycles. The molecule has 0 aliphatic carbocycles. The second-order valence-electron chi connectivity index (χ2n) is 4.03. The number of pyridine rings is 1. The van der Waals surface area contributed by atoms with Gasteiger partial charge in [-0.3, -0.25) is 0 Å². The predicted octanol–water partition coefficient (Wildman–Crippen LogP) is 1.73. The first-order chi connectivity index (χ1) is 8.72. The molecule has 2 N–H and O–H groups in total. The van der Waals surface area contributed by atoms with Gasteiger partial charge in [-0.1, -0.05) is 12.1 Å². The lowest BCUT2D eigenvalue weighted by atomic mass is 10.1. The van der Waals surface area contributed by atoms with E-state index in [1.807, 2.05) is 12.1 Å². The monoisotopic (exact) mass is 241 g/mol. The summed E-state index contributed by atoms with van der Waals surface area (Å²) in [7, 11) is 0. The summed E-state index contributed by atoms with van der Waals surface area (Å²) < 4.78 is 1.55. The lowest BCUT2D eigenvalue weighted by molar-refractivity contribution is 0.475. The van der Waals surface area contributed by atoms with E-state index in [0.717, 1.165) is 5.56 Å². The first-order valence-electron chi connectivity index (χ1n) is 5.53. The Hall–Kier alpha value is -2.56. The fourth-order valence-corrected chi connectivity index (χ4v) is 1.81. The van der Waals surface area contributed by atoms with Gasteiger partial charge in [-0.15, -0.1) is 0 Å². The molecule has 2 heterocycles. The fraction of sp³-hybridized carbons (Fsp3) is 0.0769. The molecular formula is C13H11N3O2. The van der Waals surface area contributed by atoms with Gasteiger partial charge in [0.2, 0.25) is 0 Å². The van der Waals surface area contributed by atoms with Gasteiger partial charge in [-0.2, -0.15) is 5.10 Å². The van der Waals surface area contributed by atoms with Crippen molar-refractivity contribution in [2.75, 3.05) is 0 Å². The summed E-state index contributed by atoms with van der Waals surface area (Å²) in [4.78, 5) is 4.27. The third kappa shape index (κ3) is 1.86. The number of rotatable bonds is 2. The van der Waals surface area contributed by atoms with Crippen LogP contribution in [0.5, 0.6) is 11.5 Å². The van der Waals surface area contributed by atoms with E-state index in [2.05, 4.69) is 10.1 Å². The van der Waals surface area contributed by atoms with Crippen molar-refractivity contribution in [1.29, 1.82) is 0 Å². The Bertz CT molecular complexity index is 689. The highest BCUT2D eigenvalue weighted by Crippen LogP contribution is 2.17. The quantitative estimate of drug-likeness (QED) is 0.716. The minimum atomic E-state index is 0.113. The van der Waals surface area contributed by atoms with Crippen LogP contribution in [0.3, 0.4) is 0 Å². The number of hydrogen-bond donors (Lipinski definition) is 2. The molecule has 0 bridgehead atoms. The van der Waals surface area contributed by atoms with Crippen molar-refractivity contribution >= 4 is 5.65 Å². The van der Waals surface area contributed by atoms with Gasteiger partial charge in [0.25, 0.3) is 0 Å². The average Bonchev–Trinajstić information content (AvgIpc) is 2.76. The van der Waals surface area contributed by atoms with Crippen molar-refractivity contribution in [3.63, 3.8) is 0 Å². The van der Waals surface area contributed by atoms with E-state index >= 15 is 0 Å². The van der Waals surface area contributed by atoms with Crippen LogP contribution in [0.1, 0.15) is 11.4 Å². The molecule has 0 atom stereocenters. The minimum Gasteiger partial charge on any atom is -0.508 e. The lowest BCUT2D eigenvalue weighted by Crippen LogP contribution is -1.91. The molecule has 0 saturated heterocycles. The summed E-state index contributed by atoms with van der Waals surface area (Å²) >= 11 is 0. The number of phenolic OH excluding ortho intramolecular Hbond substituents is 1. The zero-order valence-electron chi connectivity index (χ0n) is 9.48. The van der Waals surface area contributed by atoms with Crippen LogP contribution in [0, 0.1) is 0 Å². The molecule has 0 radical (unpaired) electrons. The maximum atomic E-state index is 9.63. The molecule has 0 fully saturated rings. The molecule has 2 aromatic heterocycles. The molecule has 5 heteroatoms.